The topological polar surface area (TPSA) is 81.5 Å². The minimum Gasteiger partial charge on any atom is -0.496 e. The molecule has 6 heteroatoms. The van der Waals surface area contributed by atoms with Crippen LogP contribution in [0.3, 0.4) is 0 Å². The van der Waals surface area contributed by atoms with Gasteiger partial charge < -0.3 is 10.1 Å². The average Bonchev–Trinajstić information content (AvgIpc) is 2.49. The van der Waals surface area contributed by atoms with Crippen LogP contribution in [0.15, 0.2) is 36.4 Å². The number of hydrogen-bond acceptors (Lipinski definition) is 4. The molecule has 0 saturated heterocycles. The third kappa shape index (κ3) is 3.06. The number of nitrogens with zero attached hydrogens (tertiary/aromatic N) is 1. The van der Waals surface area contributed by atoms with Gasteiger partial charge in [-0.25, -0.2) is 0 Å². The van der Waals surface area contributed by atoms with Crippen molar-refractivity contribution in [1.82, 2.24) is 0 Å². The van der Waals surface area contributed by atoms with Gasteiger partial charge in [-0.15, -0.1) is 0 Å². The molecule has 22 heavy (non-hydrogen) atoms. The molecule has 2 rings (SSSR count). The smallest absolute Gasteiger partial charge is 0.274 e. The molecule has 0 fully saturated rings. The van der Waals surface area contributed by atoms with Gasteiger partial charge in [0.05, 0.1) is 23.3 Å². The highest BCUT2D eigenvalue weighted by Gasteiger charge is 2.16. The molecule has 0 heterocycles. The van der Waals surface area contributed by atoms with Crippen molar-refractivity contribution >= 4 is 17.3 Å². The number of anilines is 1. The Morgan fingerprint density at radius 3 is 2.59 bits per heavy atom. The summed E-state index contributed by atoms with van der Waals surface area (Å²) in [4.78, 5) is 22.7. The van der Waals surface area contributed by atoms with E-state index >= 15 is 0 Å². The zero-order chi connectivity index (χ0) is 16.3. The Balaban J connectivity index is 2.30. The van der Waals surface area contributed by atoms with E-state index in [-0.39, 0.29) is 11.6 Å². The van der Waals surface area contributed by atoms with Crippen molar-refractivity contribution in [1.29, 1.82) is 0 Å². The zero-order valence-corrected chi connectivity index (χ0v) is 12.5. The third-order valence-corrected chi connectivity index (χ3v) is 3.42. The van der Waals surface area contributed by atoms with Crippen LogP contribution in [0.25, 0.3) is 0 Å². The Morgan fingerprint density at radius 2 is 1.95 bits per heavy atom. The van der Waals surface area contributed by atoms with Gasteiger partial charge in [0.2, 0.25) is 0 Å². The molecule has 0 aromatic heterocycles. The van der Waals surface area contributed by atoms with Gasteiger partial charge in [-0.2, -0.15) is 0 Å². The third-order valence-electron chi connectivity index (χ3n) is 3.42. The van der Waals surface area contributed by atoms with E-state index in [0.29, 0.717) is 22.6 Å². The first-order valence-electron chi connectivity index (χ1n) is 6.64. The summed E-state index contributed by atoms with van der Waals surface area (Å²) in [6, 6.07) is 9.67. The maximum Gasteiger partial charge on any atom is 0.274 e. The quantitative estimate of drug-likeness (QED) is 0.692. The fourth-order valence-corrected chi connectivity index (χ4v) is 2.11. The van der Waals surface area contributed by atoms with E-state index in [2.05, 4.69) is 5.32 Å². The van der Waals surface area contributed by atoms with Crippen molar-refractivity contribution in [2.24, 2.45) is 0 Å². The van der Waals surface area contributed by atoms with Gasteiger partial charge in [-0.1, -0.05) is 12.1 Å². The molecule has 1 N–H and O–H groups in total. The average molecular weight is 300 g/mol. The fraction of sp³-hybridized carbons (Fsp3) is 0.188. The van der Waals surface area contributed by atoms with Gasteiger partial charge in [-0.3, -0.25) is 14.9 Å². The Morgan fingerprint density at radius 1 is 1.23 bits per heavy atom. The highest BCUT2D eigenvalue weighted by molar-refractivity contribution is 6.05. The standard InChI is InChI=1S/C16H16N2O4/c1-10-7-8-12(9-15(10)22-3)16(19)17-13-5-4-6-14(11(13)2)18(20)21/h4-9H,1-3H3,(H,17,19). The number of rotatable bonds is 4. The number of nitro benzene ring substituents is 1. The molecular weight excluding hydrogens is 284 g/mol. The first-order chi connectivity index (χ1) is 10.4. The molecule has 2 aromatic carbocycles. The van der Waals surface area contributed by atoms with Crippen LogP contribution in [0.2, 0.25) is 0 Å². The van der Waals surface area contributed by atoms with Gasteiger partial charge >= 0.3 is 0 Å². The van der Waals surface area contributed by atoms with Crippen molar-refractivity contribution < 1.29 is 14.5 Å². The normalized spacial score (nSPS) is 10.1. The van der Waals surface area contributed by atoms with Gasteiger partial charge in [0.15, 0.2) is 0 Å². The summed E-state index contributed by atoms with van der Waals surface area (Å²) >= 11 is 0. The number of ether oxygens (including phenoxy) is 1. The van der Waals surface area contributed by atoms with Crippen molar-refractivity contribution in [2.75, 3.05) is 12.4 Å². The Hall–Kier alpha value is -2.89. The number of carbonyl (C=O) groups is 1. The number of nitrogens with one attached hydrogen (secondary N) is 1. The largest absolute Gasteiger partial charge is 0.496 e. The molecule has 0 radical (unpaired) electrons. The van der Waals surface area contributed by atoms with Crippen LogP contribution in [-0.4, -0.2) is 17.9 Å². The highest BCUT2D eigenvalue weighted by atomic mass is 16.6. The predicted octanol–water partition coefficient (Wildman–Crippen LogP) is 3.47. The van der Waals surface area contributed by atoms with Gasteiger partial charge in [0, 0.05) is 11.6 Å². The maximum absolute atomic E-state index is 12.3. The second kappa shape index (κ2) is 6.26. The second-order valence-electron chi connectivity index (χ2n) is 4.85. The molecule has 0 aliphatic carbocycles. The lowest BCUT2D eigenvalue weighted by atomic mass is 10.1. The molecule has 2 aromatic rings. The van der Waals surface area contributed by atoms with Crippen LogP contribution in [0.1, 0.15) is 21.5 Å². The summed E-state index contributed by atoms with van der Waals surface area (Å²) in [5.41, 5.74) is 2.15. The number of carbonyl (C=O) groups excluding carboxylic acids is 1. The van der Waals surface area contributed by atoms with E-state index in [1.54, 1.807) is 31.2 Å². The second-order valence-corrected chi connectivity index (χ2v) is 4.85. The van der Waals surface area contributed by atoms with Crippen molar-refractivity contribution in [2.45, 2.75) is 13.8 Å². The van der Waals surface area contributed by atoms with Crippen LogP contribution in [0, 0.1) is 24.0 Å². The lowest BCUT2D eigenvalue weighted by Crippen LogP contribution is -2.13. The van der Waals surface area contributed by atoms with Gasteiger partial charge in [0.25, 0.3) is 11.6 Å². The summed E-state index contributed by atoms with van der Waals surface area (Å²) in [6.45, 7) is 3.48. The molecule has 0 spiro atoms. The molecule has 0 saturated carbocycles. The van der Waals surface area contributed by atoms with E-state index in [0.717, 1.165) is 5.56 Å². The van der Waals surface area contributed by atoms with Crippen LogP contribution >= 0.6 is 0 Å². The number of methoxy groups -OCH3 is 1. The first-order valence-corrected chi connectivity index (χ1v) is 6.64. The summed E-state index contributed by atoms with van der Waals surface area (Å²) in [5, 5.41) is 13.6. The van der Waals surface area contributed by atoms with Crippen LogP contribution in [0.4, 0.5) is 11.4 Å². The number of benzene rings is 2. The molecular formula is C16H16N2O4. The monoisotopic (exact) mass is 300 g/mol. The minimum absolute atomic E-state index is 0.0284. The Labute approximate surface area is 127 Å². The van der Waals surface area contributed by atoms with Gasteiger partial charge in [0.1, 0.15) is 5.75 Å². The van der Waals surface area contributed by atoms with Crippen molar-refractivity contribution in [3.05, 3.63) is 63.2 Å². The van der Waals surface area contributed by atoms with E-state index in [1.165, 1.54) is 19.2 Å². The van der Waals surface area contributed by atoms with Gasteiger partial charge in [-0.05, 0) is 37.6 Å². The maximum atomic E-state index is 12.3. The molecule has 6 nitrogen and oxygen atoms in total. The molecule has 0 atom stereocenters. The zero-order valence-electron chi connectivity index (χ0n) is 12.5. The molecule has 0 bridgehead atoms. The fourth-order valence-electron chi connectivity index (χ4n) is 2.11. The summed E-state index contributed by atoms with van der Waals surface area (Å²) in [5.74, 6) is 0.269. The minimum atomic E-state index is -0.472. The lowest BCUT2D eigenvalue weighted by Gasteiger charge is -2.10. The Bertz CT molecular complexity index is 741. The van der Waals surface area contributed by atoms with E-state index in [4.69, 9.17) is 4.74 Å². The molecule has 0 aliphatic rings. The van der Waals surface area contributed by atoms with E-state index in [1.807, 2.05) is 6.92 Å². The summed E-state index contributed by atoms with van der Waals surface area (Å²) < 4.78 is 5.19. The number of hydrogen-bond donors (Lipinski definition) is 1. The molecule has 1 amide bonds. The SMILES string of the molecule is COc1cc(C(=O)Nc2cccc([N+](=O)[O-])c2C)ccc1C. The number of nitro groups is 1. The Kier molecular flexibility index (Phi) is 4.41. The number of aryl methyl sites for hydroxylation is 1. The van der Waals surface area contributed by atoms with Crippen LogP contribution in [0.5, 0.6) is 5.75 Å². The van der Waals surface area contributed by atoms with E-state index in [9.17, 15) is 14.9 Å². The number of amides is 1. The van der Waals surface area contributed by atoms with Crippen LogP contribution < -0.4 is 10.1 Å². The van der Waals surface area contributed by atoms with Crippen LogP contribution in [-0.2, 0) is 0 Å². The molecule has 0 unspecified atom stereocenters. The van der Waals surface area contributed by atoms with Crippen molar-refractivity contribution in [3.8, 4) is 5.75 Å². The highest BCUT2D eigenvalue weighted by Crippen LogP contribution is 2.26. The van der Waals surface area contributed by atoms with Crippen molar-refractivity contribution in [3.63, 3.8) is 0 Å². The predicted molar refractivity (Wildman–Crippen MR) is 83.5 cm³/mol. The summed E-state index contributed by atoms with van der Waals surface area (Å²) in [7, 11) is 1.54. The molecule has 0 aliphatic heterocycles. The molecule has 114 valence electrons. The lowest BCUT2D eigenvalue weighted by molar-refractivity contribution is -0.385. The summed E-state index contributed by atoms with van der Waals surface area (Å²) in [6.07, 6.45) is 0. The van der Waals surface area contributed by atoms with E-state index < -0.39 is 4.92 Å². The first kappa shape index (κ1) is 15.5.